The third-order valence-electron chi connectivity index (χ3n) is 2.61. The topological polar surface area (TPSA) is 15.3 Å². The molecule has 0 bridgehead atoms. The highest BCUT2D eigenvalue weighted by atomic mass is 28.3. The van der Waals surface area contributed by atoms with Gasteiger partial charge in [-0.25, -0.2) is 0 Å². The Hall–Kier alpha value is 0.137. The lowest BCUT2D eigenvalue weighted by Gasteiger charge is -2.40. The van der Waals surface area contributed by atoms with Crippen LogP contribution < -0.4 is 4.98 Å². The Labute approximate surface area is 91.2 Å². The van der Waals surface area contributed by atoms with E-state index in [2.05, 4.69) is 57.5 Å². The average Bonchev–Trinajstić information content (AvgIpc) is 1.99. The van der Waals surface area contributed by atoms with Gasteiger partial charge in [-0.2, -0.15) is 0 Å². The van der Waals surface area contributed by atoms with Gasteiger partial charge in [0.15, 0.2) is 0 Å². The van der Waals surface area contributed by atoms with E-state index in [0.717, 1.165) is 6.54 Å². The summed E-state index contributed by atoms with van der Waals surface area (Å²) in [5, 5.41) is 0. The number of rotatable bonds is 6. The first kappa shape index (κ1) is 14.1. The van der Waals surface area contributed by atoms with Gasteiger partial charge in [-0.05, 0) is 26.9 Å². The smallest absolute Gasteiger partial charge is 0.116 e. The van der Waals surface area contributed by atoms with Crippen molar-refractivity contribution in [1.82, 2.24) is 9.88 Å². The molecule has 0 fully saturated rings. The predicted molar refractivity (Wildman–Crippen MR) is 68.3 cm³/mol. The zero-order chi connectivity index (χ0) is 11.4. The first-order valence-electron chi connectivity index (χ1n) is 5.69. The number of hydrogen-bond donors (Lipinski definition) is 1. The second kappa shape index (κ2) is 5.28. The molecule has 0 aromatic heterocycles. The second-order valence-electron chi connectivity index (χ2n) is 5.60. The van der Waals surface area contributed by atoms with Gasteiger partial charge in [0.2, 0.25) is 0 Å². The van der Waals surface area contributed by atoms with E-state index in [1.165, 1.54) is 12.8 Å². The molecular weight excluding hydrogens is 188 g/mol. The number of hydrogen-bond acceptors (Lipinski definition) is 2. The van der Waals surface area contributed by atoms with Gasteiger partial charge in [0.1, 0.15) is 8.24 Å². The van der Waals surface area contributed by atoms with Crippen LogP contribution in [0.15, 0.2) is 0 Å². The molecule has 0 saturated heterocycles. The van der Waals surface area contributed by atoms with Gasteiger partial charge in [0, 0.05) is 12.1 Å². The van der Waals surface area contributed by atoms with E-state index >= 15 is 0 Å². The molecule has 0 aliphatic heterocycles. The molecule has 0 aromatic carbocycles. The van der Waals surface area contributed by atoms with Crippen molar-refractivity contribution in [3.63, 3.8) is 0 Å². The van der Waals surface area contributed by atoms with Crippen molar-refractivity contribution in [2.75, 3.05) is 20.6 Å². The third kappa shape index (κ3) is 5.13. The second-order valence-corrected chi connectivity index (χ2v) is 10.4. The monoisotopic (exact) mass is 216 g/mol. The summed E-state index contributed by atoms with van der Waals surface area (Å²) in [6, 6.07) is 0. The van der Waals surface area contributed by atoms with Gasteiger partial charge in [-0.3, -0.25) is 0 Å². The van der Waals surface area contributed by atoms with Crippen molar-refractivity contribution in [1.29, 1.82) is 0 Å². The maximum atomic E-state index is 3.90. The molecule has 0 aliphatic carbocycles. The van der Waals surface area contributed by atoms with Crippen molar-refractivity contribution in [2.24, 2.45) is 0 Å². The minimum absolute atomic E-state index is 0.327. The van der Waals surface area contributed by atoms with Gasteiger partial charge in [-0.1, -0.05) is 33.5 Å². The molecule has 0 heterocycles. The molecule has 86 valence electrons. The fourth-order valence-electron chi connectivity index (χ4n) is 2.09. The predicted octanol–water partition coefficient (Wildman–Crippen LogP) is 2.53. The number of nitrogens with zero attached hydrogens (tertiary/aromatic N) is 1. The molecule has 0 radical (unpaired) electrons. The summed E-state index contributed by atoms with van der Waals surface area (Å²) in [7, 11) is 3.14. The molecule has 0 aromatic rings. The molecule has 0 aliphatic rings. The van der Waals surface area contributed by atoms with E-state index < -0.39 is 8.24 Å². The van der Waals surface area contributed by atoms with Crippen LogP contribution in [0.1, 0.15) is 26.7 Å². The molecule has 0 rings (SSSR count). The van der Waals surface area contributed by atoms with E-state index in [0.29, 0.717) is 5.54 Å². The Bertz CT molecular complexity index is 157. The standard InChI is InChI=1S/C11H28N2Si/c1-8-11(9-2,10-13(3)4)12-14(5,6)7/h12H,8-10H2,1-7H3. The summed E-state index contributed by atoms with van der Waals surface area (Å²) in [6.45, 7) is 12.9. The lowest BCUT2D eigenvalue weighted by Crippen LogP contribution is -2.60. The molecule has 0 spiro atoms. The Kier molecular flexibility index (Phi) is 5.34. The molecule has 2 nitrogen and oxygen atoms in total. The van der Waals surface area contributed by atoms with E-state index in [9.17, 15) is 0 Å². The minimum Gasteiger partial charge on any atom is -0.331 e. The largest absolute Gasteiger partial charge is 0.331 e. The summed E-state index contributed by atoms with van der Waals surface area (Å²) in [5.74, 6) is 0. The highest BCUT2D eigenvalue weighted by Crippen LogP contribution is 2.18. The van der Waals surface area contributed by atoms with Crippen LogP contribution in [-0.4, -0.2) is 39.3 Å². The molecule has 14 heavy (non-hydrogen) atoms. The summed E-state index contributed by atoms with van der Waals surface area (Å²) in [4.78, 5) is 6.19. The zero-order valence-corrected chi connectivity index (χ0v) is 12.1. The summed E-state index contributed by atoms with van der Waals surface area (Å²) >= 11 is 0. The Morgan fingerprint density at radius 1 is 1.07 bits per heavy atom. The van der Waals surface area contributed by atoms with Crippen molar-refractivity contribution >= 4 is 8.24 Å². The van der Waals surface area contributed by atoms with Crippen LogP contribution in [0.3, 0.4) is 0 Å². The van der Waals surface area contributed by atoms with Crippen LogP contribution in [0, 0.1) is 0 Å². The molecule has 3 heteroatoms. The fourth-order valence-corrected chi connectivity index (χ4v) is 4.11. The van der Waals surface area contributed by atoms with Crippen LogP contribution in [0.25, 0.3) is 0 Å². The Morgan fingerprint density at radius 2 is 1.50 bits per heavy atom. The Balaban J connectivity index is 4.53. The van der Waals surface area contributed by atoms with E-state index in [-0.39, 0.29) is 0 Å². The van der Waals surface area contributed by atoms with Crippen molar-refractivity contribution in [3.8, 4) is 0 Å². The van der Waals surface area contributed by atoms with E-state index in [1.54, 1.807) is 0 Å². The molecule has 0 saturated carbocycles. The van der Waals surface area contributed by atoms with Crippen molar-refractivity contribution in [3.05, 3.63) is 0 Å². The van der Waals surface area contributed by atoms with Crippen LogP contribution >= 0.6 is 0 Å². The molecule has 0 unspecified atom stereocenters. The molecular formula is C11H28N2Si. The average molecular weight is 216 g/mol. The molecule has 0 amide bonds. The van der Waals surface area contributed by atoms with E-state index in [1.807, 2.05) is 0 Å². The minimum atomic E-state index is -1.18. The lowest BCUT2D eigenvalue weighted by molar-refractivity contribution is 0.245. The van der Waals surface area contributed by atoms with Gasteiger partial charge in [0.05, 0.1) is 0 Å². The normalized spacial score (nSPS) is 13.7. The third-order valence-corrected chi connectivity index (χ3v) is 3.89. The highest BCUT2D eigenvalue weighted by molar-refractivity contribution is 6.73. The van der Waals surface area contributed by atoms with Crippen LogP contribution in [0.2, 0.25) is 19.6 Å². The summed E-state index contributed by atoms with van der Waals surface area (Å²) < 4.78 is 0. The summed E-state index contributed by atoms with van der Waals surface area (Å²) in [5.41, 5.74) is 0.327. The van der Waals surface area contributed by atoms with Crippen LogP contribution in [-0.2, 0) is 0 Å². The van der Waals surface area contributed by atoms with Crippen molar-refractivity contribution < 1.29 is 0 Å². The maximum absolute atomic E-state index is 3.90. The highest BCUT2D eigenvalue weighted by Gasteiger charge is 2.31. The van der Waals surface area contributed by atoms with Crippen LogP contribution in [0.4, 0.5) is 0 Å². The van der Waals surface area contributed by atoms with Gasteiger partial charge < -0.3 is 9.88 Å². The fraction of sp³-hybridized carbons (Fsp3) is 1.00. The first-order chi connectivity index (χ1) is 6.24. The molecule has 1 N–H and O–H groups in total. The zero-order valence-electron chi connectivity index (χ0n) is 11.1. The van der Waals surface area contributed by atoms with E-state index in [4.69, 9.17) is 0 Å². The SMILES string of the molecule is CCC(CC)(CN(C)C)N[Si](C)(C)C. The number of nitrogens with one attached hydrogen (secondary N) is 1. The van der Waals surface area contributed by atoms with Gasteiger partial charge in [-0.15, -0.1) is 0 Å². The van der Waals surface area contributed by atoms with Crippen LogP contribution in [0.5, 0.6) is 0 Å². The quantitative estimate of drug-likeness (QED) is 0.687. The molecule has 0 atom stereocenters. The van der Waals surface area contributed by atoms with Gasteiger partial charge >= 0.3 is 0 Å². The first-order valence-corrected chi connectivity index (χ1v) is 9.19. The van der Waals surface area contributed by atoms with Gasteiger partial charge in [0.25, 0.3) is 0 Å². The Morgan fingerprint density at radius 3 is 1.71 bits per heavy atom. The summed E-state index contributed by atoms with van der Waals surface area (Å²) in [6.07, 6.45) is 2.43. The van der Waals surface area contributed by atoms with Crippen molar-refractivity contribution in [2.45, 2.75) is 51.9 Å². The maximum Gasteiger partial charge on any atom is 0.116 e. The number of likely N-dealkylation sites (N-methyl/N-ethyl adjacent to an activating group) is 1. The lowest BCUT2D eigenvalue weighted by atomic mass is 9.94.